The molecule has 3 heterocycles. The van der Waals surface area contributed by atoms with Crippen LogP contribution in [0, 0.1) is 5.92 Å². The zero-order valence-electron chi connectivity index (χ0n) is 15.4. The van der Waals surface area contributed by atoms with Crippen LogP contribution in [0.3, 0.4) is 0 Å². The molecule has 0 aliphatic carbocycles. The van der Waals surface area contributed by atoms with Gasteiger partial charge < -0.3 is 20.4 Å². The number of hydrogen-bond acceptors (Lipinski definition) is 4. The number of carbonyl (C=O) groups is 1. The molecule has 3 aliphatic heterocycles. The fraction of sp³-hybridized carbons (Fsp3) is 0.947. The van der Waals surface area contributed by atoms with Crippen molar-refractivity contribution in [1.82, 2.24) is 20.4 Å². The highest BCUT2D eigenvalue weighted by Gasteiger charge is 2.28. The van der Waals surface area contributed by atoms with Gasteiger partial charge in [0, 0.05) is 31.6 Å². The smallest absolute Gasteiger partial charge is 0.220 e. The van der Waals surface area contributed by atoms with E-state index in [1.54, 1.807) is 0 Å². The maximum Gasteiger partial charge on any atom is 0.220 e. The summed E-state index contributed by atoms with van der Waals surface area (Å²) in [5.41, 5.74) is 0. The normalized spacial score (nSPS) is 26.5. The van der Waals surface area contributed by atoms with Crippen LogP contribution in [0.5, 0.6) is 0 Å². The number of hydrogen-bond donors (Lipinski definition) is 2. The van der Waals surface area contributed by atoms with Crippen molar-refractivity contribution in [2.24, 2.45) is 5.92 Å². The van der Waals surface area contributed by atoms with Crippen LogP contribution in [0.4, 0.5) is 0 Å². The van der Waals surface area contributed by atoms with Crippen molar-refractivity contribution in [2.75, 3.05) is 46.3 Å². The highest BCUT2D eigenvalue weighted by atomic mass is 16.1. The van der Waals surface area contributed by atoms with Gasteiger partial charge in [0.15, 0.2) is 0 Å². The summed E-state index contributed by atoms with van der Waals surface area (Å²) < 4.78 is 0. The molecule has 3 aliphatic rings. The zero-order chi connectivity index (χ0) is 16.8. The first kappa shape index (κ1) is 18.2. The minimum Gasteiger partial charge on any atom is -0.353 e. The van der Waals surface area contributed by atoms with E-state index in [9.17, 15) is 4.79 Å². The summed E-state index contributed by atoms with van der Waals surface area (Å²) in [5, 5.41) is 6.69. The van der Waals surface area contributed by atoms with Crippen molar-refractivity contribution in [3.8, 4) is 0 Å². The predicted octanol–water partition coefficient (Wildman–Crippen LogP) is 1.44. The average Bonchev–Trinajstić information content (AvgIpc) is 2.62. The fourth-order valence-corrected chi connectivity index (χ4v) is 4.57. The molecule has 0 saturated carbocycles. The van der Waals surface area contributed by atoms with E-state index in [1.165, 1.54) is 38.8 Å². The summed E-state index contributed by atoms with van der Waals surface area (Å²) in [5.74, 6) is 1.04. The van der Waals surface area contributed by atoms with Gasteiger partial charge in [-0.2, -0.15) is 0 Å². The Morgan fingerprint density at radius 1 is 1.00 bits per heavy atom. The number of amides is 1. The first-order valence-corrected chi connectivity index (χ1v) is 10.1. The van der Waals surface area contributed by atoms with E-state index in [4.69, 9.17) is 0 Å². The maximum atomic E-state index is 12.2. The Kier molecular flexibility index (Phi) is 6.93. The summed E-state index contributed by atoms with van der Waals surface area (Å²) in [4.78, 5) is 17.3. The number of carbonyl (C=O) groups excluding carboxylic acids is 1. The van der Waals surface area contributed by atoms with Crippen molar-refractivity contribution in [3.63, 3.8) is 0 Å². The third-order valence-electron chi connectivity index (χ3n) is 6.34. The average molecular weight is 337 g/mol. The van der Waals surface area contributed by atoms with Crippen molar-refractivity contribution < 1.29 is 4.79 Å². The second kappa shape index (κ2) is 9.16. The minimum atomic E-state index is 0.284. The number of piperidine rings is 3. The van der Waals surface area contributed by atoms with E-state index in [0.717, 1.165) is 63.8 Å². The standard InChI is InChI=1S/C19H36N4O/c1-22-12-8-18(9-13-22)23-14-6-17(7-15-23)21-19(24)3-2-16-4-10-20-11-5-16/h16-18,20H,2-15H2,1H3,(H,21,24). The van der Waals surface area contributed by atoms with E-state index in [-0.39, 0.29) is 5.91 Å². The lowest BCUT2D eigenvalue weighted by atomic mass is 9.93. The zero-order valence-corrected chi connectivity index (χ0v) is 15.4. The summed E-state index contributed by atoms with van der Waals surface area (Å²) >= 11 is 0. The maximum absolute atomic E-state index is 12.2. The minimum absolute atomic E-state index is 0.284. The van der Waals surface area contributed by atoms with E-state index in [1.807, 2.05) is 0 Å². The first-order valence-electron chi connectivity index (χ1n) is 10.1. The first-order chi connectivity index (χ1) is 11.7. The Labute approximate surface area is 147 Å². The topological polar surface area (TPSA) is 47.6 Å². The van der Waals surface area contributed by atoms with Crippen LogP contribution in [0.25, 0.3) is 0 Å². The molecule has 2 N–H and O–H groups in total. The van der Waals surface area contributed by atoms with Gasteiger partial charge >= 0.3 is 0 Å². The molecule has 0 unspecified atom stereocenters. The highest BCUT2D eigenvalue weighted by Crippen LogP contribution is 2.21. The van der Waals surface area contributed by atoms with Gasteiger partial charge in [-0.25, -0.2) is 0 Å². The third-order valence-corrected chi connectivity index (χ3v) is 6.34. The molecule has 0 bridgehead atoms. The predicted molar refractivity (Wildman–Crippen MR) is 98.1 cm³/mol. The summed E-state index contributed by atoms with van der Waals surface area (Å²) in [6.45, 7) is 7.04. The lowest BCUT2D eigenvalue weighted by Crippen LogP contribution is -2.50. The molecular weight excluding hydrogens is 300 g/mol. The van der Waals surface area contributed by atoms with Gasteiger partial charge in [0.1, 0.15) is 0 Å². The molecule has 5 nitrogen and oxygen atoms in total. The molecule has 3 rings (SSSR count). The second-order valence-corrected chi connectivity index (χ2v) is 8.14. The molecule has 0 aromatic carbocycles. The number of likely N-dealkylation sites (tertiary alicyclic amines) is 2. The number of rotatable bonds is 5. The van der Waals surface area contributed by atoms with Crippen LogP contribution in [-0.4, -0.2) is 74.1 Å². The Bertz CT molecular complexity index is 381. The summed E-state index contributed by atoms with van der Waals surface area (Å²) in [6.07, 6.45) is 9.15. The Morgan fingerprint density at radius 3 is 2.33 bits per heavy atom. The van der Waals surface area contributed by atoms with Crippen LogP contribution < -0.4 is 10.6 Å². The van der Waals surface area contributed by atoms with Gasteiger partial charge in [-0.1, -0.05) is 0 Å². The molecule has 138 valence electrons. The molecule has 1 amide bonds. The quantitative estimate of drug-likeness (QED) is 0.798. The Morgan fingerprint density at radius 2 is 1.67 bits per heavy atom. The molecule has 3 saturated heterocycles. The monoisotopic (exact) mass is 336 g/mol. The molecule has 24 heavy (non-hydrogen) atoms. The SMILES string of the molecule is CN1CCC(N2CCC(NC(=O)CCC3CCNCC3)CC2)CC1. The van der Waals surface area contributed by atoms with Gasteiger partial charge in [0.25, 0.3) is 0 Å². The Balaban J connectivity index is 1.30. The fourth-order valence-electron chi connectivity index (χ4n) is 4.57. The largest absolute Gasteiger partial charge is 0.353 e. The molecule has 0 atom stereocenters. The van der Waals surface area contributed by atoms with Crippen LogP contribution in [-0.2, 0) is 4.79 Å². The molecule has 0 aromatic heterocycles. The van der Waals surface area contributed by atoms with Gasteiger partial charge in [0.2, 0.25) is 5.91 Å². The second-order valence-electron chi connectivity index (χ2n) is 8.14. The van der Waals surface area contributed by atoms with Crippen molar-refractivity contribution in [2.45, 2.75) is 63.5 Å². The van der Waals surface area contributed by atoms with Gasteiger partial charge in [-0.3, -0.25) is 4.79 Å². The molecule has 5 heteroatoms. The highest BCUT2D eigenvalue weighted by molar-refractivity contribution is 5.76. The van der Waals surface area contributed by atoms with E-state index in [2.05, 4.69) is 27.5 Å². The van der Waals surface area contributed by atoms with Crippen molar-refractivity contribution in [3.05, 3.63) is 0 Å². The van der Waals surface area contributed by atoms with Crippen LogP contribution >= 0.6 is 0 Å². The van der Waals surface area contributed by atoms with Gasteiger partial charge in [0.05, 0.1) is 0 Å². The van der Waals surface area contributed by atoms with Crippen molar-refractivity contribution in [1.29, 1.82) is 0 Å². The van der Waals surface area contributed by atoms with Crippen LogP contribution in [0.1, 0.15) is 51.4 Å². The molecule has 3 fully saturated rings. The summed E-state index contributed by atoms with van der Waals surface area (Å²) in [6, 6.07) is 1.19. The lowest BCUT2D eigenvalue weighted by Gasteiger charge is -2.41. The molecule has 0 spiro atoms. The van der Waals surface area contributed by atoms with Crippen LogP contribution in [0.2, 0.25) is 0 Å². The number of nitrogens with one attached hydrogen (secondary N) is 2. The molecular formula is C19H36N4O. The molecule has 0 radical (unpaired) electrons. The Hall–Kier alpha value is -0.650. The molecule has 0 aromatic rings. The summed E-state index contributed by atoms with van der Waals surface area (Å²) in [7, 11) is 2.22. The lowest BCUT2D eigenvalue weighted by molar-refractivity contribution is -0.122. The number of nitrogens with zero attached hydrogens (tertiary/aromatic N) is 2. The van der Waals surface area contributed by atoms with E-state index in [0.29, 0.717) is 6.04 Å². The van der Waals surface area contributed by atoms with Crippen molar-refractivity contribution >= 4 is 5.91 Å². The van der Waals surface area contributed by atoms with Crippen LogP contribution in [0.15, 0.2) is 0 Å². The van der Waals surface area contributed by atoms with E-state index < -0.39 is 0 Å². The van der Waals surface area contributed by atoms with Gasteiger partial charge in [-0.15, -0.1) is 0 Å². The van der Waals surface area contributed by atoms with Gasteiger partial charge in [-0.05, 0) is 84.1 Å². The third kappa shape index (κ3) is 5.43. The van der Waals surface area contributed by atoms with E-state index >= 15 is 0 Å².